The molecule has 0 fully saturated rings. The number of halogens is 1. The smallest absolute Gasteiger partial charge is 0.250 e. The summed E-state index contributed by atoms with van der Waals surface area (Å²) >= 11 is 4.37. The van der Waals surface area contributed by atoms with Crippen LogP contribution >= 0.6 is 27.3 Å². The molecule has 3 rings (SSSR count). The number of thiophene rings is 1. The zero-order chi connectivity index (χ0) is 16.6. The van der Waals surface area contributed by atoms with Crippen molar-refractivity contribution in [3.8, 4) is 0 Å². The van der Waals surface area contributed by atoms with Gasteiger partial charge in [0, 0.05) is 36.3 Å². The Labute approximate surface area is 146 Å². The zero-order valence-electron chi connectivity index (χ0n) is 12.2. The molecule has 0 amide bonds. The summed E-state index contributed by atoms with van der Waals surface area (Å²) in [6.45, 7) is -0.0775. The fourth-order valence-electron chi connectivity index (χ4n) is 2.45. The van der Waals surface area contributed by atoms with Crippen molar-refractivity contribution in [1.29, 1.82) is 0 Å². The molecule has 23 heavy (non-hydrogen) atoms. The van der Waals surface area contributed by atoms with Crippen LogP contribution in [0.2, 0.25) is 0 Å². The number of benzene rings is 1. The van der Waals surface area contributed by atoms with Gasteiger partial charge in [0.25, 0.3) is 0 Å². The minimum atomic E-state index is -3.62. The summed E-state index contributed by atoms with van der Waals surface area (Å²) in [7, 11) is -1.72. The molecular formula is C15H15BrN2O3S2. The fourth-order valence-corrected chi connectivity index (χ4v) is 5.54. The lowest BCUT2D eigenvalue weighted by atomic mass is 10.1. The molecular weight excluding hydrogens is 400 g/mol. The second kappa shape index (κ2) is 6.37. The van der Waals surface area contributed by atoms with Crippen LogP contribution in [-0.4, -0.2) is 24.6 Å². The van der Waals surface area contributed by atoms with Gasteiger partial charge in [0.05, 0.1) is 9.89 Å². The molecule has 0 aliphatic carbocycles. The van der Waals surface area contributed by atoms with E-state index in [9.17, 15) is 13.5 Å². The normalized spacial score (nSPS) is 13.5. The lowest BCUT2D eigenvalue weighted by Crippen LogP contribution is -2.27. The first-order valence-electron chi connectivity index (χ1n) is 6.85. The third-order valence-corrected chi connectivity index (χ3v) is 7.11. The maximum atomic E-state index is 12.2. The molecule has 1 aromatic carbocycles. The highest BCUT2D eigenvalue weighted by atomic mass is 79.9. The number of hydrogen-bond donors (Lipinski definition) is 2. The first-order valence-corrected chi connectivity index (χ1v) is 9.95. The van der Waals surface area contributed by atoms with Gasteiger partial charge in [-0.3, -0.25) is 0 Å². The van der Waals surface area contributed by atoms with E-state index in [-0.39, 0.29) is 10.8 Å². The Balaban J connectivity index is 1.80. The maximum Gasteiger partial charge on any atom is 0.250 e. The Morgan fingerprint density at radius 3 is 2.74 bits per heavy atom. The minimum Gasteiger partial charge on any atom is -0.387 e. The van der Waals surface area contributed by atoms with Gasteiger partial charge in [-0.05, 0) is 34.1 Å². The number of nitrogens with one attached hydrogen (secondary N) is 1. The van der Waals surface area contributed by atoms with Gasteiger partial charge in [0.15, 0.2) is 0 Å². The summed E-state index contributed by atoms with van der Waals surface area (Å²) in [6, 6.07) is 10.9. The molecule has 0 bridgehead atoms. The summed E-state index contributed by atoms with van der Waals surface area (Å²) in [5, 5.41) is 11.3. The highest BCUT2D eigenvalue weighted by Gasteiger charge is 2.20. The Morgan fingerprint density at radius 2 is 2.04 bits per heavy atom. The summed E-state index contributed by atoms with van der Waals surface area (Å²) in [6.07, 6.45) is 0.907. The highest BCUT2D eigenvalue weighted by molar-refractivity contribution is 9.11. The molecule has 0 radical (unpaired) electrons. The van der Waals surface area contributed by atoms with Crippen LogP contribution in [0.1, 0.15) is 11.7 Å². The molecule has 0 spiro atoms. The molecule has 5 nitrogen and oxygen atoms in total. The average molecular weight is 415 g/mol. The number of aromatic nitrogens is 1. The Morgan fingerprint density at radius 1 is 1.30 bits per heavy atom. The Kier molecular flexibility index (Phi) is 4.61. The second-order valence-corrected chi connectivity index (χ2v) is 9.60. The van der Waals surface area contributed by atoms with Crippen LogP contribution in [-0.2, 0) is 17.1 Å². The van der Waals surface area contributed by atoms with E-state index in [4.69, 9.17) is 0 Å². The van der Waals surface area contributed by atoms with Crippen molar-refractivity contribution in [2.24, 2.45) is 7.05 Å². The number of rotatable bonds is 5. The fraction of sp³-hybridized carbons (Fsp3) is 0.200. The predicted octanol–water partition coefficient (Wildman–Crippen LogP) is 3.01. The van der Waals surface area contributed by atoms with E-state index in [1.165, 1.54) is 6.07 Å². The van der Waals surface area contributed by atoms with Gasteiger partial charge in [0.1, 0.15) is 4.21 Å². The molecule has 2 aromatic heterocycles. The van der Waals surface area contributed by atoms with Gasteiger partial charge in [-0.1, -0.05) is 18.2 Å². The molecule has 2 heterocycles. The van der Waals surface area contributed by atoms with Gasteiger partial charge >= 0.3 is 0 Å². The van der Waals surface area contributed by atoms with Crippen LogP contribution in [0.5, 0.6) is 0 Å². The van der Waals surface area contributed by atoms with Crippen molar-refractivity contribution in [3.63, 3.8) is 0 Å². The summed E-state index contributed by atoms with van der Waals surface area (Å²) in [4.78, 5) is 0. The molecule has 0 saturated carbocycles. The minimum absolute atomic E-state index is 0.0775. The van der Waals surface area contributed by atoms with Crippen molar-refractivity contribution in [1.82, 2.24) is 9.29 Å². The van der Waals surface area contributed by atoms with Gasteiger partial charge in [-0.15, -0.1) is 11.3 Å². The van der Waals surface area contributed by atoms with Crippen molar-refractivity contribution < 1.29 is 13.5 Å². The molecule has 1 unspecified atom stereocenters. The third-order valence-electron chi connectivity index (χ3n) is 3.57. The van der Waals surface area contributed by atoms with Crippen LogP contribution in [0, 0.1) is 0 Å². The molecule has 3 aromatic rings. The van der Waals surface area contributed by atoms with Crippen LogP contribution < -0.4 is 4.72 Å². The van der Waals surface area contributed by atoms with Crippen molar-refractivity contribution in [3.05, 3.63) is 51.9 Å². The third kappa shape index (κ3) is 3.36. The van der Waals surface area contributed by atoms with E-state index in [0.29, 0.717) is 5.56 Å². The number of fused-ring (bicyclic) bond motifs is 1. The molecule has 1 atom stereocenters. The van der Waals surface area contributed by atoms with E-state index >= 15 is 0 Å². The average Bonchev–Trinajstić information content (AvgIpc) is 3.10. The number of sulfonamides is 1. The highest BCUT2D eigenvalue weighted by Crippen LogP contribution is 2.28. The molecule has 0 aliphatic rings. The molecule has 8 heteroatoms. The number of aliphatic hydroxyl groups is 1. The molecule has 0 aliphatic heterocycles. The number of aryl methyl sites for hydroxylation is 1. The predicted molar refractivity (Wildman–Crippen MR) is 95.1 cm³/mol. The van der Waals surface area contributed by atoms with Crippen LogP contribution in [0.3, 0.4) is 0 Å². The van der Waals surface area contributed by atoms with Crippen molar-refractivity contribution in [2.75, 3.05) is 6.54 Å². The standard InChI is InChI=1S/C15H15BrN2O3S2/c1-18-9-11(10-4-2-3-5-12(10)18)13(19)8-17-23(20,21)15-7-6-14(16)22-15/h2-7,9,13,17,19H,8H2,1H3. The lowest BCUT2D eigenvalue weighted by molar-refractivity contribution is 0.183. The van der Waals surface area contributed by atoms with Gasteiger partial charge in [-0.2, -0.15) is 0 Å². The maximum absolute atomic E-state index is 12.2. The van der Waals surface area contributed by atoms with Crippen LogP contribution in [0.15, 0.2) is 50.6 Å². The summed E-state index contributed by atoms with van der Waals surface area (Å²) in [5.74, 6) is 0. The zero-order valence-corrected chi connectivity index (χ0v) is 15.5. The van der Waals surface area contributed by atoms with Crippen molar-refractivity contribution >= 4 is 48.2 Å². The van der Waals surface area contributed by atoms with Crippen LogP contribution in [0.25, 0.3) is 10.9 Å². The summed E-state index contributed by atoms with van der Waals surface area (Å²) < 4.78 is 29.8. The molecule has 2 N–H and O–H groups in total. The Bertz CT molecular complexity index is 947. The van der Waals surface area contributed by atoms with Gasteiger partial charge in [-0.25, -0.2) is 13.1 Å². The van der Waals surface area contributed by atoms with Gasteiger partial charge < -0.3 is 9.67 Å². The van der Waals surface area contributed by atoms with E-state index in [1.54, 1.807) is 6.07 Å². The van der Waals surface area contributed by atoms with E-state index in [0.717, 1.165) is 26.0 Å². The van der Waals surface area contributed by atoms with E-state index in [2.05, 4.69) is 20.7 Å². The topological polar surface area (TPSA) is 71.3 Å². The van der Waals surface area contributed by atoms with E-state index in [1.807, 2.05) is 42.1 Å². The first-order chi connectivity index (χ1) is 10.9. The molecule has 0 saturated heterocycles. The van der Waals surface area contributed by atoms with Crippen molar-refractivity contribution in [2.45, 2.75) is 10.3 Å². The van der Waals surface area contributed by atoms with Crippen LogP contribution in [0.4, 0.5) is 0 Å². The quantitative estimate of drug-likeness (QED) is 0.673. The number of para-hydroxylation sites is 1. The largest absolute Gasteiger partial charge is 0.387 e. The lowest BCUT2D eigenvalue weighted by Gasteiger charge is -2.11. The number of hydrogen-bond acceptors (Lipinski definition) is 4. The monoisotopic (exact) mass is 414 g/mol. The Hall–Kier alpha value is -1.19. The van der Waals surface area contributed by atoms with Gasteiger partial charge in [0.2, 0.25) is 10.0 Å². The summed E-state index contributed by atoms with van der Waals surface area (Å²) in [5.41, 5.74) is 1.70. The SMILES string of the molecule is Cn1cc(C(O)CNS(=O)(=O)c2ccc(Br)s2)c2ccccc21. The second-order valence-electron chi connectivity index (χ2n) is 5.14. The number of aliphatic hydroxyl groups excluding tert-OH is 1. The number of nitrogens with zero attached hydrogens (tertiary/aromatic N) is 1. The van der Waals surface area contributed by atoms with E-state index < -0.39 is 16.1 Å². The molecule has 122 valence electrons. The first kappa shape index (κ1) is 16.7.